The van der Waals surface area contributed by atoms with E-state index >= 15 is 0 Å². The van der Waals surface area contributed by atoms with E-state index in [0.717, 1.165) is 12.1 Å². The van der Waals surface area contributed by atoms with E-state index < -0.39 is 15.8 Å². The lowest BCUT2D eigenvalue weighted by molar-refractivity contribution is 0.201. The number of hydrogen-bond donors (Lipinski definition) is 2. The van der Waals surface area contributed by atoms with E-state index in [0.29, 0.717) is 10.6 Å². The maximum absolute atomic E-state index is 13.3. The molecule has 5 nitrogen and oxygen atoms in total. The largest absolute Gasteiger partial charge is 0.489 e. The number of ether oxygens (including phenoxy) is 1. The number of halogens is 2. The van der Waals surface area contributed by atoms with Gasteiger partial charge in [0.25, 0.3) is 10.0 Å². The highest BCUT2D eigenvalue weighted by atomic mass is 35.5. The number of nitrogens with one attached hydrogen (secondary N) is 1. The Labute approximate surface area is 138 Å². The highest BCUT2D eigenvalue weighted by Gasteiger charge is 2.20. The third kappa shape index (κ3) is 4.13. The van der Waals surface area contributed by atoms with Gasteiger partial charge >= 0.3 is 0 Å². The first kappa shape index (κ1) is 17.5. The molecule has 0 saturated heterocycles. The van der Waals surface area contributed by atoms with Crippen molar-refractivity contribution in [2.75, 3.05) is 17.9 Å². The van der Waals surface area contributed by atoms with E-state index in [-0.39, 0.29) is 29.5 Å². The van der Waals surface area contributed by atoms with Crippen molar-refractivity contribution in [1.82, 2.24) is 0 Å². The van der Waals surface area contributed by atoms with Crippen molar-refractivity contribution in [3.63, 3.8) is 0 Å². The molecule has 0 saturated carbocycles. The van der Waals surface area contributed by atoms with Gasteiger partial charge < -0.3 is 9.84 Å². The van der Waals surface area contributed by atoms with Gasteiger partial charge in [-0.1, -0.05) is 17.7 Å². The Morgan fingerprint density at radius 3 is 2.74 bits per heavy atom. The molecule has 0 aliphatic heterocycles. The van der Waals surface area contributed by atoms with E-state index in [2.05, 4.69) is 4.72 Å². The molecule has 2 N–H and O–H groups in total. The molecule has 0 aliphatic rings. The van der Waals surface area contributed by atoms with Crippen LogP contribution < -0.4 is 9.46 Å². The molecule has 0 heterocycles. The number of benzene rings is 2. The van der Waals surface area contributed by atoms with Crippen LogP contribution in [0.3, 0.4) is 0 Å². The fourth-order valence-electron chi connectivity index (χ4n) is 1.93. The predicted octanol–water partition coefficient (Wildman–Crippen LogP) is 2.96. The zero-order valence-corrected chi connectivity index (χ0v) is 13.8. The Morgan fingerprint density at radius 2 is 2.04 bits per heavy atom. The van der Waals surface area contributed by atoms with Gasteiger partial charge in [0.15, 0.2) is 0 Å². The molecule has 2 aromatic rings. The molecule has 0 amide bonds. The molecule has 23 heavy (non-hydrogen) atoms. The highest BCUT2D eigenvalue weighted by Crippen LogP contribution is 2.30. The fraction of sp³-hybridized carbons (Fsp3) is 0.200. The van der Waals surface area contributed by atoms with Crippen molar-refractivity contribution in [2.24, 2.45) is 0 Å². The molecule has 0 bridgehead atoms. The summed E-state index contributed by atoms with van der Waals surface area (Å²) in [5.41, 5.74) is 0.473. The van der Waals surface area contributed by atoms with Crippen molar-refractivity contribution in [1.29, 1.82) is 0 Å². The summed E-state index contributed by atoms with van der Waals surface area (Å²) < 4.78 is 45.9. The SMILES string of the molecule is Cc1c(Cl)cccc1S(=O)(=O)Nc1ccc(F)cc1OCCO. The summed E-state index contributed by atoms with van der Waals surface area (Å²) in [5, 5.41) is 9.12. The summed E-state index contributed by atoms with van der Waals surface area (Å²) >= 11 is 5.95. The van der Waals surface area contributed by atoms with Gasteiger partial charge in [0.1, 0.15) is 18.2 Å². The predicted molar refractivity (Wildman–Crippen MR) is 86.0 cm³/mol. The second-order valence-electron chi connectivity index (χ2n) is 4.68. The highest BCUT2D eigenvalue weighted by molar-refractivity contribution is 7.92. The smallest absolute Gasteiger partial charge is 0.262 e. The van der Waals surface area contributed by atoms with Crippen LogP contribution in [0.1, 0.15) is 5.56 Å². The summed E-state index contributed by atoms with van der Waals surface area (Å²) in [5.74, 6) is -0.595. The maximum Gasteiger partial charge on any atom is 0.262 e. The van der Waals surface area contributed by atoms with Crippen LogP contribution in [0, 0.1) is 12.7 Å². The number of aliphatic hydroxyl groups is 1. The van der Waals surface area contributed by atoms with Gasteiger partial charge in [0.2, 0.25) is 0 Å². The van der Waals surface area contributed by atoms with Gasteiger partial charge in [-0.2, -0.15) is 0 Å². The molecule has 0 radical (unpaired) electrons. The van der Waals surface area contributed by atoms with E-state index in [9.17, 15) is 12.8 Å². The van der Waals surface area contributed by atoms with Gasteiger partial charge in [-0.15, -0.1) is 0 Å². The van der Waals surface area contributed by atoms with Crippen LogP contribution >= 0.6 is 11.6 Å². The van der Waals surface area contributed by atoms with Crippen LogP contribution in [0.4, 0.5) is 10.1 Å². The van der Waals surface area contributed by atoms with Gasteiger partial charge in [0, 0.05) is 11.1 Å². The molecule has 0 aromatic heterocycles. The van der Waals surface area contributed by atoms with E-state index in [4.69, 9.17) is 21.4 Å². The van der Waals surface area contributed by atoms with Crippen molar-refractivity contribution in [3.8, 4) is 5.75 Å². The first-order chi connectivity index (χ1) is 10.8. The minimum absolute atomic E-state index is 0.0118. The molecular formula is C15H15ClFNO4S. The molecule has 2 aromatic carbocycles. The first-order valence-corrected chi connectivity index (χ1v) is 8.52. The minimum Gasteiger partial charge on any atom is -0.489 e. The first-order valence-electron chi connectivity index (χ1n) is 6.66. The summed E-state index contributed by atoms with van der Waals surface area (Å²) in [4.78, 5) is 0.0161. The Balaban J connectivity index is 2.39. The number of sulfonamides is 1. The van der Waals surface area contributed by atoms with Crippen LogP contribution in [0.5, 0.6) is 5.75 Å². The maximum atomic E-state index is 13.3. The summed E-state index contributed by atoms with van der Waals surface area (Å²) in [7, 11) is -3.93. The van der Waals surface area contributed by atoms with Crippen LogP contribution in [0.2, 0.25) is 5.02 Å². The van der Waals surface area contributed by atoms with Crippen molar-refractivity contribution in [2.45, 2.75) is 11.8 Å². The molecule has 0 fully saturated rings. The molecule has 2 rings (SSSR count). The molecule has 0 spiro atoms. The molecule has 8 heteroatoms. The van der Waals surface area contributed by atoms with Gasteiger partial charge in [-0.05, 0) is 36.8 Å². The normalized spacial score (nSPS) is 11.3. The van der Waals surface area contributed by atoms with Gasteiger partial charge in [-0.3, -0.25) is 4.72 Å². The lowest BCUT2D eigenvalue weighted by Crippen LogP contribution is -2.15. The van der Waals surface area contributed by atoms with Crippen LogP contribution in [0.15, 0.2) is 41.3 Å². The van der Waals surface area contributed by atoms with Gasteiger partial charge in [-0.25, -0.2) is 12.8 Å². The molecule has 0 unspecified atom stereocenters. The van der Waals surface area contributed by atoms with E-state index in [1.54, 1.807) is 13.0 Å². The second kappa shape index (κ2) is 7.16. The monoisotopic (exact) mass is 359 g/mol. The number of hydrogen-bond acceptors (Lipinski definition) is 4. The second-order valence-corrected chi connectivity index (χ2v) is 6.74. The Morgan fingerprint density at radius 1 is 1.30 bits per heavy atom. The fourth-order valence-corrected chi connectivity index (χ4v) is 3.50. The average Bonchev–Trinajstić information content (AvgIpc) is 2.50. The zero-order valence-electron chi connectivity index (χ0n) is 12.2. The number of anilines is 1. The van der Waals surface area contributed by atoms with Crippen LogP contribution in [-0.2, 0) is 10.0 Å². The van der Waals surface area contributed by atoms with Crippen molar-refractivity contribution < 1.29 is 22.7 Å². The Bertz CT molecular complexity index is 811. The van der Waals surface area contributed by atoms with E-state index in [1.165, 1.54) is 18.2 Å². The average molecular weight is 360 g/mol. The zero-order chi connectivity index (χ0) is 17.0. The molecular weight excluding hydrogens is 345 g/mol. The third-order valence-corrected chi connectivity index (χ3v) is 4.96. The molecule has 0 atom stereocenters. The van der Waals surface area contributed by atoms with Crippen molar-refractivity contribution in [3.05, 3.63) is 52.8 Å². The summed E-state index contributed by atoms with van der Waals surface area (Å²) in [6.45, 7) is 1.22. The topological polar surface area (TPSA) is 75.6 Å². The molecule has 124 valence electrons. The summed E-state index contributed by atoms with van der Waals surface area (Å²) in [6.07, 6.45) is 0. The lowest BCUT2D eigenvalue weighted by atomic mass is 10.2. The minimum atomic E-state index is -3.93. The van der Waals surface area contributed by atoms with Crippen LogP contribution in [0.25, 0.3) is 0 Å². The standard InChI is InChI=1S/C15H15ClFNO4S/c1-10-12(16)3-2-4-15(10)23(20,21)18-13-6-5-11(17)9-14(13)22-8-7-19/h2-6,9,18-19H,7-8H2,1H3. The quantitative estimate of drug-likeness (QED) is 0.831. The van der Waals surface area contributed by atoms with E-state index in [1.807, 2.05) is 0 Å². The third-order valence-electron chi connectivity index (χ3n) is 3.04. The Kier molecular flexibility index (Phi) is 5.46. The van der Waals surface area contributed by atoms with Crippen molar-refractivity contribution >= 4 is 27.3 Å². The van der Waals surface area contributed by atoms with Crippen LogP contribution in [-0.4, -0.2) is 26.7 Å². The number of aliphatic hydroxyl groups excluding tert-OH is 1. The number of rotatable bonds is 6. The van der Waals surface area contributed by atoms with Gasteiger partial charge in [0.05, 0.1) is 17.2 Å². The molecule has 0 aliphatic carbocycles. The Hall–Kier alpha value is -1.83. The lowest BCUT2D eigenvalue weighted by Gasteiger charge is -2.14. The summed E-state index contributed by atoms with van der Waals surface area (Å²) in [6, 6.07) is 7.93.